The van der Waals surface area contributed by atoms with Gasteiger partial charge in [0.1, 0.15) is 0 Å². The molecule has 1 aromatic heterocycles. The number of aromatic nitrogens is 2. The zero-order chi connectivity index (χ0) is 10.6. The molecule has 1 aromatic rings. The Morgan fingerprint density at radius 3 is 3.07 bits per heavy atom. The number of carbonyl (C=O) groups is 1. The molecular formula is C11H14N2O2. The van der Waals surface area contributed by atoms with Gasteiger partial charge in [-0.3, -0.25) is 9.48 Å². The topological polar surface area (TPSA) is 55.1 Å². The lowest BCUT2D eigenvalue weighted by atomic mass is 9.58. The lowest BCUT2D eigenvalue weighted by molar-refractivity contribution is -0.150. The molecule has 0 saturated heterocycles. The summed E-state index contributed by atoms with van der Waals surface area (Å²) in [5, 5.41) is 13.4. The van der Waals surface area contributed by atoms with Crippen LogP contribution in [0.3, 0.4) is 0 Å². The molecule has 3 fully saturated rings. The second kappa shape index (κ2) is 2.62. The number of fused-ring (bicyclic) bond motifs is 1. The van der Waals surface area contributed by atoms with Crippen molar-refractivity contribution in [2.24, 2.45) is 18.9 Å². The monoisotopic (exact) mass is 206 g/mol. The third-order valence-corrected chi connectivity index (χ3v) is 4.25. The van der Waals surface area contributed by atoms with Crippen molar-refractivity contribution in [2.45, 2.75) is 24.7 Å². The largest absolute Gasteiger partial charge is 0.481 e. The summed E-state index contributed by atoms with van der Waals surface area (Å²) in [5.41, 5.74) is 0.991. The third-order valence-electron chi connectivity index (χ3n) is 4.25. The highest BCUT2D eigenvalue weighted by atomic mass is 16.4. The normalized spacial score (nSPS) is 37.7. The summed E-state index contributed by atoms with van der Waals surface area (Å²) >= 11 is 0. The van der Waals surface area contributed by atoms with E-state index in [1.807, 2.05) is 17.8 Å². The number of rotatable bonds is 2. The van der Waals surface area contributed by atoms with E-state index < -0.39 is 5.97 Å². The number of carboxylic acids is 1. The molecule has 4 rings (SSSR count). The van der Waals surface area contributed by atoms with Crippen LogP contribution in [-0.4, -0.2) is 20.9 Å². The van der Waals surface area contributed by atoms with Crippen molar-refractivity contribution in [2.75, 3.05) is 0 Å². The second-order valence-electron chi connectivity index (χ2n) is 4.81. The lowest BCUT2D eigenvalue weighted by Gasteiger charge is -2.44. The average molecular weight is 206 g/mol. The zero-order valence-electron chi connectivity index (χ0n) is 8.68. The molecule has 80 valence electrons. The first kappa shape index (κ1) is 8.95. The Balaban J connectivity index is 2.05. The summed E-state index contributed by atoms with van der Waals surface area (Å²) in [6.45, 7) is 0. The summed E-state index contributed by atoms with van der Waals surface area (Å²) in [6, 6.07) is 1.97. The Morgan fingerprint density at radius 2 is 2.53 bits per heavy atom. The molecule has 3 aliphatic rings. The van der Waals surface area contributed by atoms with Gasteiger partial charge in [-0.2, -0.15) is 5.10 Å². The molecule has 0 aliphatic heterocycles. The quantitative estimate of drug-likeness (QED) is 0.790. The van der Waals surface area contributed by atoms with E-state index >= 15 is 0 Å². The van der Waals surface area contributed by atoms with E-state index in [0.717, 1.165) is 25.0 Å². The fraction of sp³-hybridized carbons (Fsp3) is 0.636. The number of aliphatic carboxylic acids is 1. The molecule has 1 heterocycles. The van der Waals surface area contributed by atoms with Crippen LogP contribution in [0.4, 0.5) is 0 Å². The van der Waals surface area contributed by atoms with E-state index in [-0.39, 0.29) is 11.3 Å². The first-order valence-electron chi connectivity index (χ1n) is 5.36. The smallest absolute Gasteiger partial charge is 0.307 e. The van der Waals surface area contributed by atoms with Crippen LogP contribution >= 0.6 is 0 Å². The highest BCUT2D eigenvalue weighted by molar-refractivity contribution is 5.75. The van der Waals surface area contributed by atoms with Gasteiger partial charge in [-0.15, -0.1) is 0 Å². The Hall–Kier alpha value is -1.32. The van der Waals surface area contributed by atoms with Crippen molar-refractivity contribution in [1.29, 1.82) is 0 Å². The Morgan fingerprint density at radius 1 is 1.73 bits per heavy atom. The Kier molecular flexibility index (Phi) is 1.56. The predicted octanol–water partition coefficient (Wildman–Crippen LogP) is 1.17. The molecule has 0 aromatic carbocycles. The molecular weight excluding hydrogens is 192 g/mol. The summed E-state index contributed by atoms with van der Waals surface area (Å²) in [5.74, 6) is -0.407. The van der Waals surface area contributed by atoms with E-state index in [0.29, 0.717) is 5.92 Å². The van der Waals surface area contributed by atoms with Crippen LogP contribution in [-0.2, 0) is 17.3 Å². The van der Waals surface area contributed by atoms with Crippen LogP contribution < -0.4 is 0 Å². The fourth-order valence-electron chi connectivity index (χ4n) is 3.66. The second-order valence-corrected chi connectivity index (χ2v) is 4.81. The number of carboxylic acid groups (broad SMARTS) is 1. The lowest BCUT2D eigenvalue weighted by Crippen LogP contribution is -2.49. The van der Waals surface area contributed by atoms with Crippen LogP contribution in [0.5, 0.6) is 0 Å². The molecule has 4 nitrogen and oxygen atoms in total. The van der Waals surface area contributed by atoms with Gasteiger partial charge >= 0.3 is 5.97 Å². The molecule has 0 unspecified atom stereocenters. The average Bonchev–Trinajstić information content (AvgIpc) is 2.73. The SMILES string of the molecule is Cn1nccc1[C@]12CC[C@H](C1)[C@@H]2C(=O)O. The molecule has 4 heteroatoms. The van der Waals surface area contributed by atoms with Gasteiger partial charge in [0.05, 0.1) is 5.92 Å². The highest BCUT2D eigenvalue weighted by Crippen LogP contribution is 2.63. The van der Waals surface area contributed by atoms with Crippen LogP contribution in [0.2, 0.25) is 0 Å². The van der Waals surface area contributed by atoms with E-state index in [4.69, 9.17) is 0 Å². The number of hydrogen-bond donors (Lipinski definition) is 1. The maximum Gasteiger partial charge on any atom is 0.307 e. The minimum Gasteiger partial charge on any atom is -0.481 e. The molecule has 0 amide bonds. The standard InChI is InChI=1S/C11H14N2O2/c1-13-8(3-5-12-13)11-4-2-7(6-11)9(11)10(14)15/h3,5,7,9H,2,4,6H2,1H3,(H,14,15)/t7-,9-,11+/m1/s1. The van der Waals surface area contributed by atoms with Gasteiger partial charge in [0, 0.05) is 24.4 Å². The minimum absolute atomic E-state index is 0.109. The van der Waals surface area contributed by atoms with Crippen molar-refractivity contribution >= 4 is 5.97 Å². The molecule has 0 spiro atoms. The Labute approximate surface area is 87.9 Å². The van der Waals surface area contributed by atoms with Crippen molar-refractivity contribution in [3.8, 4) is 0 Å². The van der Waals surface area contributed by atoms with Crippen molar-refractivity contribution < 1.29 is 9.90 Å². The molecule has 3 atom stereocenters. The van der Waals surface area contributed by atoms with Gasteiger partial charge in [-0.25, -0.2) is 0 Å². The van der Waals surface area contributed by atoms with Gasteiger partial charge in [-0.1, -0.05) is 0 Å². The molecule has 2 bridgehead atoms. The van der Waals surface area contributed by atoms with Crippen LogP contribution in [0.15, 0.2) is 12.3 Å². The van der Waals surface area contributed by atoms with Crippen molar-refractivity contribution in [3.05, 3.63) is 18.0 Å². The highest BCUT2D eigenvalue weighted by Gasteiger charge is 2.64. The van der Waals surface area contributed by atoms with E-state index in [1.54, 1.807) is 6.20 Å². The summed E-state index contributed by atoms with van der Waals surface area (Å²) in [4.78, 5) is 11.2. The molecule has 3 saturated carbocycles. The van der Waals surface area contributed by atoms with Gasteiger partial charge < -0.3 is 5.11 Å². The molecule has 3 aliphatic carbocycles. The third kappa shape index (κ3) is 0.919. The van der Waals surface area contributed by atoms with E-state index in [9.17, 15) is 9.90 Å². The number of hydrogen-bond acceptors (Lipinski definition) is 2. The van der Waals surface area contributed by atoms with E-state index in [1.165, 1.54) is 0 Å². The zero-order valence-corrected chi connectivity index (χ0v) is 8.68. The predicted molar refractivity (Wildman–Crippen MR) is 53.4 cm³/mol. The summed E-state index contributed by atoms with van der Waals surface area (Å²) in [7, 11) is 1.90. The first-order valence-corrected chi connectivity index (χ1v) is 5.36. The molecule has 15 heavy (non-hydrogen) atoms. The maximum atomic E-state index is 11.2. The van der Waals surface area contributed by atoms with E-state index in [2.05, 4.69) is 5.10 Å². The fourth-order valence-corrected chi connectivity index (χ4v) is 3.66. The van der Waals surface area contributed by atoms with Gasteiger partial charge in [-0.05, 0) is 31.2 Å². The van der Waals surface area contributed by atoms with Crippen molar-refractivity contribution in [3.63, 3.8) is 0 Å². The maximum absolute atomic E-state index is 11.2. The molecule has 0 radical (unpaired) electrons. The van der Waals surface area contributed by atoms with Crippen LogP contribution in [0, 0.1) is 11.8 Å². The van der Waals surface area contributed by atoms with Gasteiger partial charge in [0.2, 0.25) is 0 Å². The molecule has 1 N–H and O–H groups in total. The minimum atomic E-state index is -0.634. The summed E-state index contributed by atoms with van der Waals surface area (Å²) < 4.78 is 1.83. The van der Waals surface area contributed by atoms with Gasteiger partial charge in [0.25, 0.3) is 0 Å². The first-order chi connectivity index (χ1) is 7.15. The number of nitrogens with zero attached hydrogens (tertiary/aromatic N) is 2. The van der Waals surface area contributed by atoms with Crippen molar-refractivity contribution in [1.82, 2.24) is 9.78 Å². The number of aryl methyl sites for hydroxylation is 1. The summed E-state index contributed by atoms with van der Waals surface area (Å²) in [6.07, 6.45) is 4.86. The van der Waals surface area contributed by atoms with Gasteiger partial charge in [0.15, 0.2) is 0 Å². The van der Waals surface area contributed by atoms with Crippen LogP contribution in [0.1, 0.15) is 25.0 Å². The van der Waals surface area contributed by atoms with Crippen LogP contribution in [0.25, 0.3) is 0 Å². The Bertz CT molecular complexity index is 422.